The van der Waals surface area contributed by atoms with E-state index in [9.17, 15) is 9.59 Å². The van der Waals surface area contributed by atoms with Crippen LogP contribution in [0.1, 0.15) is 20.3 Å². The summed E-state index contributed by atoms with van der Waals surface area (Å²) in [5.41, 5.74) is 0.505. The van der Waals surface area contributed by atoms with Crippen LogP contribution in [0.25, 0.3) is 0 Å². The Morgan fingerprint density at radius 1 is 1.21 bits per heavy atom. The van der Waals surface area contributed by atoms with Gasteiger partial charge in [-0.05, 0) is 26.0 Å². The Kier molecular flexibility index (Phi) is 3.74. The fourth-order valence-electron chi connectivity index (χ4n) is 2.19. The summed E-state index contributed by atoms with van der Waals surface area (Å²) in [6.45, 7) is 4.35. The van der Waals surface area contributed by atoms with Crippen molar-refractivity contribution in [3.8, 4) is 5.75 Å². The van der Waals surface area contributed by atoms with Gasteiger partial charge in [0, 0.05) is 19.0 Å². The number of ether oxygens (including phenoxy) is 1. The van der Waals surface area contributed by atoms with Crippen molar-refractivity contribution < 1.29 is 14.3 Å². The van der Waals surface area contributed by atoms with Crippen LogP contribution in [-0.2, 0) is 4.79 Å². The highest BCUT2D eigenvalue weighted by atomic mass is 16.5. The molecule has 3 amide bonds. The normalized spacial score (nSPS) is 16.2. The first-order valence-electron chi connectivity index (χ1n) is 6.33. The van der Waals surface area contributed by atoms with Crippen molar-refractivity contribution in [1.82, 2.24) is 4.90 Å². The monoisotopic (exact) mass is 262 g/mol. The lowest BCUT2D eigenvalue weighted by atomic mass is 10.2. The van der Waals surface area contributed by atoms with E-state index >= 15 is 0 Å². The van der Waals surface area contributed by atoms with Crippen LogP contribution in [0.2, 0.25) is 0 Å². The maximum absolute atomic E-state index is 12.4. The summed E-state index contributed by atoms with van der Waals surface area (Å²) in [5.74, 6) is 0.334. The number of benzene rings is 1. The number of hydrogen-bond donors (Lipinski definition) is 0. The van der Waals surface area contributed by atoms with Crippen LogP contribution < -0.4 is 9.64 Å². The molecule has 0 spiro atoms. The third kappa shape index (κ3) is 2.41. The smallest absolute Gasteiger partial charge is 0.331 e. The summed E-state index contributed by atoms with van der Waals surface area (Å²) >= 11 is 0. The summed E-state index contributed by atoms with van der Waals surface area (Å²) in [4.78, 5) is 27.4. The van der Waals surface area contributed by atoms with Gasteiger partial charge in [-0.3, -0.25) is 4.79 Å². The topological polar surface area (TPSA) is 49.9 Å². The van der Waals surface area contributed by atoms with Gasteiger partial charge in [0.2, 0.25) is 5.91 Å². The van der Waals surface area contributed by atoms with Crippen molar-refractivity contribution in [2.24, 2.45) is 0 Å². The average molecular weight is 262 g/mol. The molecule has 5 heteroatoms. The van der Waals surface area contributed by atoms with Gasteiger partial charge in [0.05, 0.1) is 12.8 Å². The maximum Gasteiger partial charge on any atom is 0.331 e. The number of methoxy groups -OCH3 is 1. The first-order chi connectivity index (χ1) is 9.06. The Morgan fingerprint density at radius 3 is 2.53 bits per heavy atom. The molecular weight excluding hydrogens is 244 g/mol. The molecule has 1 saturated heterocycles. The number of imide groups is 1. The summed E-state index contributed by atoms with van der Waals surface area (Å²) in [5, 5.41) is 0. The van der Waals surface area contributed by atoms with Crippen LogP contribution >= 0.6 is 0 Å². The van der Waals surface area contributed by atoms with E-state index in [0.29, 0.717) is 24.4 Å². The van der Waals surface area contributed by atoms with Crippen molar-refractivity contribution >= 4 is 17.6 Å². The second-order valence-corrected chi connectivity index (χ2v) is 4.72. The molecule has 1 aromatic rings. The number of amides is 3. The van der Waals surface area contributed by atoms with Gasteiger partial charge in [-0.25, -0.2) is 9.69 Å². The first kappa shape index (κ1) is 13.4. The van der Waals surface area contributed by atoms with Gasteiger partial charge in [-0.1, -0.05) is 12.1 Å². The SMILES string of the molecule is COc1ccccc1N1C(=O)CCN(C(C)C)C1=O. The Labute approximate surface area is 112 Å². The number of urea groups is 1. The van der Waals surface area contributed by atoms with E-state index in [1.165, 1.54) is 12.0 Å². The highest BCUT2D eigenvalue weighted by molar-refractivity contribution is 6.16. The van der Waals surface area contributed by atoms with E-state index in [1.807, 2.05) is 13.8 Å². The number of para-hydroxylation sites is 2. The highest BCUT2D eigenvalue weighted by Gasteiger charge is 2.35. The third-order valence-electron chi connectivity index (χ3n) is 3.20. The molecule has 0 aliphatic carbocycles. The zero-order valence-corrected chi connectivity index (χ0v) is 11.4. The molecule has 0 atom stereocenters. The third-order valence-corrected chi connectivity index (χ3v) is 3.20. The predicted molar refractivity (Wildman–Crippen MR) is 72.3 cm³/mol. The molecule has 2 rings (SSSR count). The summed E-state index contributed by atoms with van der Waals surface area (Å²) in [6, 6.07) is 6.84. The molecule has 5 nitrogen and oxygen atoms in total. The van der Waals surface area contributed by atoms with Crippen molar-refractivity contribution in [2.45, 2.75) is 26.3 Å². The van der Waals surface area contributed by atoms with Crippen LogP contribution in [-0.4, -0.2) is 36.5 Å². The first-order valence-corrected chi connectivity index (χ1v) is 6.33. The number of anilines is 1. The van der Waals surface area contributed by atoms with Crippen LogP contribution in [0.3, 0.4) is 0 Å². The summed E-state index contributed by atoms with van der Waals surface area (Å²) in [7, 11) is 1.53. The van der Waals surface area contributed by atoms with Crippen LogP contribution in [0, 0.1) is 0 Å². The molecule has 1 fully saturated rings. The lowest BCUT2D eigenvalue weighted by molar-refractivity contribution is -0.119. The zero-order chi connectivity index (χ0) is 14.0. The van der Waals surface area contributed by atoms with Crippen LogP contribution in [0.15, 0.2) is 24.3 Å². The van der Waals surface area contributed by atoms with E-state index in [2.05, 4.69) is 0 Å². The van der Waals surface area contributed by atoms with Crippen molar-refractivity contribution in [3.05, 3.63) is 24.3 Å². The Hall–Kier alpha value is -2.04. The molecule has 1 aromatic carbocycles. The van der Waals surface area contributed by atoms with E-state index in [4.69, 9.17) is 4.74 Å². The van der Waals surface area contributed by atoms with E-state index in [1.54, 1.807) is 29.2 Å². The van der Waals surface area contributed by atoms with Gasteiger partial charge in [0.1, 0.15) is 5.75 Å². The molecule has 1 heterocycles. The minimum absolute atomic E-state index is 0.0674. The minimum Gasteiger partial charge on any atom is -0.495 e. The van der Waals surface area contributed by atoms with E-state index < -0.39 is 0 Å². The molecule has 102 valence electrons. The van der Waals surface area contributed by atoms with Crippen molar-refractivity contribution in [2.75, 3.05) is 18.6 Å². The number of carbonyl (C=O) groups excluding carboxylic acids is 2. The molecule has 0 bridgehead atoms. The van der Waals surface area contributed by atoms with Crippen LogP contribution in [0.5, 0.6) is 5.75 Å². The highest BCUT2D eigenvalue weighted by Crippen LogP contribution is 2.31. The standard InChI is InChI=1S/C14H18N2O3/c1-10(2)15-9-8-13(17)16(14(15)18)11-6-4-5-7-12(11)19-3/h4-7,10H,8-9H2,1-3H3. The Morgan fingerprint density at radius 2 is 1.89 bits per heavy atom. The largest absolute Gasteiger partial charge is 0.495 e. The summed E-state index contributed by atoms with van der Waals surface area (Å²) in [6.07, 6.45) is 0.335. The van der Waals surface area contributed by atoms with Gasteiger partial charge in [-0.15, -0.1) is 0 Å². The zero-order valence-electron chi connectivity index (χ0n) is 11.4. The number of carbonyl (C=O) groups is 2. The quantitative estimate of drug-likeness (QED) is 0.839. The number of hydrogen-bond acceptors (Lipinski definition) is 3. The minimum atomic E-state index is -0.282. The molecule has 1 aliphatic heterocycles. The van der Waals surface area contributed by atoms with Gasteiger partial charge in [0.25, 0.3) is 0 Å². The maximum atomic E-state index is 12.4. The van der Waals surface area contributed by atoms with Gasteiger partial charge in [0.15, 0.2) is 0 Å². The van der Waals surface area contributed by atoms with Crippen LogP contribution in [0.4, 0.5) is 10.5 Å². The van der Waals surface area contributed by atoms with E-state index in [0.717, 1.165) is 0 Å². The lowest BCUT2D eigenvalue weighted by Gasteiger charge is -2.36. The van der Waals surface area contributed by atoms with Gasteiger partial charge >= 0.3 is 6.03 Å². The van der Waals surface area contributed by atoms with Gasteiger partial charge in [-0.2, -0.15) is 0 Å². The molecule has 0 N–H and O–H groups in total. The second-order valence-electron chi connectivity index (χ2n) is 4.72. The molecule has 0 radical (unpaired) electrons. The lowest BCUT2D eigenvalue weighted by Crippen LogP contribution is -2.54. The van der Waals surface area contributed by atoms with Crippen molar-refractivity contribution in [1.29, 1.82) is 0 Å². The second kappa shape index (κ2) is 5.30. The number of rotatable bonds is 3. The molecule has 0 aromatic heterocycles. The van der Waals surface area contributed by atoms with E-state index in [-0.39, 0.29) is 18.0 Å². The molecular formula is C14H18N2O3. The number of nitrogens with zero attached hydrogens (tertiary/aromatic N) is 2. The summed E-state index contributed by atoms with van der Waals surface area (Å²) < 4.78 is 5.23. The molecule has 19 heavy (non-hydrogen) atoms. The molecule has 0 unspecified atom stereocenters. The Balaban J connectivity index is 2.40. The molecule has 1 aliphatic rings. The van der Waals surface area contributed by atoms with Crippen molar-refractivity contribution in [3.63, 3.8) is 0 Å². The fourth-order valence-corrected chi connectivity index (χ4v) is 2.19. The molecule has 0 saturated carbocycles. The Bertz CT molecular complexity index is 499. The average Bonchev–Trinajstić information content (AvgIpc) is 2.39. The fraction of sp³-hybridized carbons (Fsp3) is 0.429. The van der Waals surface area contributed by atoms with Gasteiger partial charge < -0.3 is 9.64 Å². The predicted octanol–water partition coefficient (Wildman–Crippen LogP) is 2.26.